The molecule has 0 radical (unpaired) electrons. The van der Waals surface area contributed by atoms with Crippen molar-refractivity contribution in [2.24, 2.45) is 0 Å². The minimum absolute atomic E-state index is 0.0280. The van der Waals surface area contributed by atoms with E-state index < -0.39 is 8.56 Å². The van der Waals surface area contributed by atoms with Crippen LogP contribution in [0.25, 0.3) is 0 Å². The predicted octanol–water partition coefficient (Wildman–Crippen LogP) is 7.33. The van der Waals surface area contributed by atoms with Crippen molar-refractivity contribution in [3.05, 3.63) is 59.7 Å². The van der Waals surface area contributed by atoms with Crippen molar-refractivity contribution in [1.29, 1.82) is 0 Å². The Kier molecular flexibility index (Phi) is 9.02. The maximum atomic E-state index is 9.75. The van der Waals surface area contributed by atoms with Crippen molar-refractivity contribution in [1.82, 2.24) is 0 Å². The van der Waals surface area contributed by atoms with Crippen molar-refractivity contribution >= 4 is 8.56 Å². The Morgan fingerprint density at radius 3 is 1.85 bits per heavy atom. The molecule has 0 heterocycles. The van der Waals surface area contributed by atoms with Crippen LogP contribution in [0.3, 0.4) is 0 Å². The summed E-state index contributed by atoms with van der Waals surface area (Å²) in [5, 5.41) is 9.75. The maximum absolute atomic E-state index is 9.75. The molecule has 0 saturated heterocycles. The summed E-state index contributed by atoms with van der Waals surface area (Å²) in [7, 11) is -2.19. The molecular formula is C28H42O4Si. The highest BCUT2D eigenvalue weighted by Crippen LogP contribution is 2.45. The van der Waals surface area contributed by atoms with Gasteiger partial charge in [0.05, 0.1) is 6.61 Å². The zero-order chi connectivity index (χ0) is 23.9. The van der Waals surface area contributed by atoms with Gasteiger partial charge in [0.25, 0.3) is 0 Å². The van der Waals surface area contributed by atoms with Crippen LogP contribution in [-0.4, -0.2) is 32.5 Å². The summed E-state index contributed by atoms with van der Waals surface area (Å²) in [6.45, 7) is 11.1. The number of ether oxygens (including phenoxy) is 1. The smallest absolute Gasteiger partial charge is 0.335 e. The Hall–Kier alpha value is -1.82. The number of aromatic hydroxyl groups is 1. The Morgan fingerprint density at radius 2 is 1.33 bits per heavy atom. The molecule has 182 valence electrons. The summed E-state index contributed by atoms with van der Waals surface area (Å²) in [4.78, 5) is 0. The van der Waals surface area contributed by atoms with Crippen LogP contribution < -0.4 is 4.74 Å². The number of hydrogen-bond acceptors (Lipinski definition) is 4. The van der Waals surface area contributed by atoms with Crippen LogP contribution in [0.4, 0.5) is 0 Å². The highest BCUT2D eigenvalue weighted by atomic mass is 28.4. The SMILES string of the molecule is CC(C)O[Si](C)(CCCOc1ccc(C2(c3ccc(O)cc3)CCCCC2)cc1)OC(C)C. The molecule has 33 heavy (non-hydrogen) atoms. The van der Waals surface area contributed by atoms with Crippen LogP contribution in [0, 0.1) is 0 Å². The van der Waals surface area contributed by atoms with E-state index >= 15 is 0 Å². The number of phenols is 1. The van der Waals surface area contributed by atoms with Gasteiger partial charge in [0.2, 0.25) is 0 Å². The van der Waals surface area contributed by atoms with Gasteiger partial charge in [0.1, 0.15) is 11.5 Å². The molecule has 1 saturated carbocycles. The predicted molar refractivity (Wildman–Crippen MR) is 137 cm³/mol. The largest absolute Gasteiger partial charge is 0.508 e. The molecule has 0 aromatic heterocycles. The Balaban J connectivity index is 1.62. The van der Waals surface area contributed by atoms with E-state index in [2.05, 4.69) is 70.6 Å². The summed E-state index contributed by atoms with van der Waals surface area (Å²) in [6, 6.07) is 17.4. The fourth-order valence-electron chi connectivity index (χ4n) is 5.28. The minimum Gasteiger partial charge on any atom is -0.508 e. The Morgan fingerprint density at radius 1 is 0.818 bits per heavy atom. The summed E-state index contributed by atoms with van der Waals surface area (Å²) in [6.07, 6.45) is 7.33. The van der Waals surface area contributed by atoms with Crippen LogP contribution in [-0.2, 0) is 14.3 Å². The molecular weight excluding hydrogens is 428 g/mol. The highest BCUT2D eigenvalue weighted by molar-refractivity contribution is 6.66. The van der Waals surface area contributed by atoms with Crippen LogP contribution in [0.5, 0.6) is 11.5 Å². The molecule has 1 N–H and O–H groups in total. The quantitative estimate of drug-likeness (QED) is 0.276. The molecule has 1 aliphatic rings. The summed E-state index contributed by atoms with van der Waals surface area (Å²) < 4.78 is 18.5. The average Bonchev–Trinajstić information content (AvgIpc) is 2.77. The fraction of sp³-hybridized carbons (Fsp3) is 0.571. The second kappa shape index (κ2) is 11.5. The lowest BCUT2D eigenvalue weighted by molar-refractivity contribution is 0.108. The van der Waals surface area contributed by atoms with Gasteiger partial charge >= 0.3 is 8.56 Å². The van der Waals surface area contributed by atoms with E-state index in [1.165, 1.54) is 30.4 Å². The third kappa shape index (κ3) is 7.08. The van der Waals surface area contributed by atoms with Crippen molar-refractivity contribution in [2.75, 3.05) is 6.61 Å². The molecule has 0 aliphatic heterocycles. The molecule has 2 aromatic rings. The molecule has 1 fully saturated rings. The van der Waals surface area contributed by atoms with Gasteiger partial charge in [-0.25, -0.2) is 0 Å². The maximum Gasteiger partial charge on any atom is 0.335 e. The van der Waals surface area contributed by atoms with Crippen LogP contribution in [0.15, 0.2) is 48.5 Å². The molecule has 0 bridgehead atoms. The van der Waals surface area contributed by atoms with Gasteiger partial charge in [-0.05, 0) is 94.9 Å². The van der Waals surface area contributed by atoms with Gasteiger partial charge in [-0.3, -0.25) is 0 Å². The number of hydrogen-bond donors (Lipinski definition) is 1. The zero-order valence-electron chi connectivity index (χ0n) is 21.1. The second-order valence-corrected chi connectivity index (χ2v) is 13.4. The van der Waals surface area contributed by atoms with Crippen LogP contribution in [0.2, 0.25) is 12.6 Å². The van der Waals surface area contributed by atoms with E-state index in [4.69, 9.17) is 13.6 Å². The van der Waals surface area contributed by atoms with Gasteiger partial charge in [-0.2, -0.15) is 0 Å². The molecule has 3 rings (SSSR count). The molecule has 4 nitrogen and oxygen atoms in total. The molecule has 0 unspecified atom stereocenters. The van der Waals surface area contributed by atoms with Gasteiger partial charge in [0, 0.05) is 17.6 Å². The van der Waals surface area contributed by atoms with E-state index in [1.54, 1.807) is 0 Å². The second-order valence-electron chi connectivity index (χ2n) is 10.1. The van der Waals surface area contributed by atoms with E-state index in [1.807, 2.05) is 12.1 Å². The molecule has 0 amide bonds. The first-order valence-electron chi connectivity index (χ1n) is 12.6. The van der Waals surface area contributed by atoms with Gasteiger partial charge < -0.3 is 18.7 Å². The lowest BCUT2D eigenvalue weighted by Crippen LogP contribution is -2.43. The van der Waals surface area contributed by atoms with E-state index in [0.717, 1.165) is 31.1 Å². The third-order valence-electron chi connectivity index (χ3n) is 6.55. The molecule has 0 spiro atoms. The first kappa shape index (κ1) is 25.8. The van der Waals surface area contributed by atoms with E-state index in [9.17, 15) is 5.11 Å². The fourth-order valence-corrected chi connectivity index (χ4v) is 8.35. The lowest BCUT2D eigenvalue weighted by atomic mass is 9.65. The first-order chi connectivity index (χ1) is 15.7. The molecule has 5 heteroatoms. The highest BCUT2D eigenvalue weighted by Gasteiger charge is 2.36. The first-order valence-corrected chi connectivity index (χ1v) is 15.1. The summed E-state index contributed by atoms with van der Waals surface area (Å²) in [5.74, 6) is 1.23. The van der Waals surface area contributed by atoms with E-state index in [0.29, 0.717) is 12.4 Å². The van der Waals surface area contributed by atoms with E-state index in [-0.39, 0.29) is 17.6 Å². The standard InChI is InChI=1S/C28H42O4Si/c1-22(2)31-33(5,32-23(3)4)21-9-20-30-27-16-12-25(13-17-27)28(18-7-6-8-19-28)24-10-14-26(29)15-11-24/h10-17,22-23,29H,6-9,18-21H2,1-5H3. The van der Waals surface area contributed by atoms with Crippen LogP contribution >= 0.6 is 0 Å². The van der Waals surface area contributed by atoms with Gasteiger partial charge in [0.15, 0.2) is 0 Å². The van der Waals surface area contributed by atoms with Crippen molar-refractivity contribution in [3.8, 4) is 11.5 Å². The molecule has 2 aromatic carbocycles. The van der Waals surface area contributed by atoms with Crippen molar-refractivity contribution in [3.63, 3.8) is 0 Å². The number of rotatable bonds is 11. The molecule has 1 aliphatic carbocycles. The number of phenolic OH excluding ortho intramolecular Hbond substituents is 1. The minimum atomic E-state index is -2.19. The monoisotopic (exact) mass is 470 g/mol. The lowest BCUT2D eigenvalue weighted by Gasteiger charge is -2.38. The average molecular weight is 471 g/mol. The topological polar surface area (TPSA) is 47.9 Å². The number of benzene rings is 2. The van der Waals surface area contributed by atoms with Gasteiger partial charge in [-0.1, -0.05) is 43.5 Å². The van der Waals surface area contributed by atoms with Crippen molar-refractivity contribution in [2.45, 2.75) is 96.4 Å². The summed E-state index contributed by atoms with van der Waals surface area (Å²) >= 11 is 0. The summed E-state index contributed by atoms with van der Waals surface area (Å²) in [5.41, 5.74) is 2.67. The zero-order valence-corrected chi connectivity index (χ0v) is 22.1. The van der Waals surface area contributed by atoms with Gasteiger partial charge in [-0.15, -0.1) is 0 Å². The van der Waals surface area contributed by atoms with Crippen LogP contribution in [0.1, 0.15) is 77.3 Å². The Labute approximate surface area is 201 Å². The van der Waals surface area contributed by atoms with Crippen molar-refractivity contribution < 1.29 is 18.7 Å². The molecule has 0 atom stereocenters. The Bertz CT molecular complexity index is 829. The third-order valence-corrected chi connectivity index (χ3v) is 9.75. The normalized spacial score (nSPS) is 16.3.